The highest BCUT2D eigenvalue weighted by Gasteiger charge is 2.31. The summed E-state index contributed by atoms with van der Waals surface area (Å²) >= 11 is 0. The van der Waals surface area contributed by atoms with Crippen LogP contribution in [0.1, 0.15) is 15.9 Å². The lowest BCUT2D eigenvalue weighted by atomic mass is 10.2. The Bertz CT molecular complexity index is 783. The summed E-state index contributed by atoms with van der Waals surface area (Å²) in [5.74, 6) is -0.195. The first-order valence-corrected chi connectivity index (χ1v) is 8.21. The second-order valence-electron chi connectivity index (χ2n) is 5.97. The summed E-state index contributed by atoms with van der Waals surface area (Å²) in [7, 11) is 0. The van der Waals surface area contributed by atoms with Crippen LogP contribution >= 0.6 is 0 Å². The molecule has 0 radical (unpaired) electrons. The maximum Gasteiger partial charge on any atom is 0.417 e. The smallest absolute Gasteiger partial charge is 0.417 e. The third-order valence-electron chi connectivity index (χ3n) is 4.22. The maximum absolute atomic E-state index is 12.6. The molecule has 0 aromatic carbocycles. The number of amides is 2. The number of rotatable bonds is 4. The first-order chi connectivity index (χ1) is 12.8. The normalized spacial score (nSPS) is 14.9. The van der Waals surface area contributed by atoms with Gasteiger partial charge in [0.25, 0.3) is 5.91 Å². The van der Waals surface area contributed by atoms with Crippen LogP contribution in [0.4, 0.5) is 19.0 Å². The number of hydrogen-bond donors (Lipinski definition) is 1. The second kappa shape index (κ2) is 7.68. The van der Waals surface area contributed by atoms with E-state index in [2.05, 4.69) is 10.3 Å². The van der Waals surface area contributed by atoms with Crippen molar-refractivity contribution in [2.24, 2.45) is 0 Å². The highest BCUT2D eigenvalue weighted by Crippen LogP contribution is 2.29. The quantitative estimate of drug-likeness (QED) is 0.872. The molecule has 0 aliphatic carbocycles. The number of furan rings is 1. The average molecular weight is 382 g/mol. The molecule has 10 heteroatoms. The summed E-state index contributed by atoms with van der Waals surface area (Å²) < 4.78 is 42.6. The first kappa shape index (κ1) is 18.7. The predicted octanol–water partition coefficient (Wildman–Crippen LogP) is 1.77. The molecule has 0 spiro atoms. The van der Waals surface area contributed by atoms with Crippen molar-refractivity contribution in [2.45, 2.75) is 6.18 Å². The van der Waals surface area contributed by atoms with E-state index in [0.29, 0.717) is 37.6 Å². The van der Waals surface area contributed by atoms with Gasteiger partial charge in [-0.25, -0.2) is 4.98 Å². The SMILES string of the molecule is O=C(NCC(=O)N1CCN(c2ccc(C(F)(F)F)cn2)CC1)c1ccoc1. The lowest BCUT2D eigenvalue weighted by molar-refractivity contribution is -0.137. The molecular formula is C17H17F3N4O3. The summed E-state index contributed by atoms with van der Waals surface area (Å²) in [6.45, 7) is 1.54. The van der Waals surface area contributed by atoms with E-state index in [-0.39, 0.29) is 12.5 Å². The molecule has 1 aliphatic rings. The minimum Gasteiger partial charge on any atom is -0.472 e. The molecule has 2 aromatic heterocycles. The van der Waals surface area contributed by atoms with Crippen LogP contribution < -0.4 is 10.2 Å². The van der Waals surface area contributed by atoms with Crippen molar-refractivity contribution in [1.29, 1.82) is 0 Å². The molecule has 7 nitrogen and oxygen atoms in total. The first-order valence-electron chi connectivity index (χ1n) is 8.21. The Morgan fingerprint density at radius 3 is 2.44 bits per heavy atom. The number of piperazine rings is 1. The number of nitrogens with one attached hydrogen (secondary N) is 1. The molecule has 0 atom stereocenters. The molecule has 3 rings (SSSR count). The van der Waals surface area contributed by atoms with Crippen LogP contribution in [0.2, 0.25) is 0 Å². The summed E-state index contributed by atoms with van der Waals surface area (Å²) in [6.07, 6.45) is -0.962. The van der Waals surface area contributed by atoms with Crippen molar-refractivity contribution in [2.75, 3.05) is 37.6 Å². The van der Waals surface area contributed by atoms with Gasteiger partial charge in [-0.2, -0.15) is 13.2 Å². The van der Waals surface area contributed by atoms with E-state index in [9.17, 15) is 22.8 Å². The van der Waals surface area contributed by atoms with Gasteiger partial charge in [-0.1, -0.05) is 0 Å². The molecule has 1 aliphatic heterocycles. The zero-order valence-corrected chi connectivity index (χ0v) is 14.2. The number of pyridine rings is 1. The van der Waals surface area contributed by atoms with Gasteiger partial charge in [0.2, 0.25) is 5.91 Å². The number of carbonyl (C=O) groups is 2. The standard InChI is InChI=1S/C17H17F3N4O3/c18-17(19,20)13-1-2-14(21-9-13)23-4-6-24(7-5-23)15(25)10-22-16(26)12-3-8-27-11-12/h1-3,8-9,11H,4-7,10H2,(H,22,26). The van der Waals surface area contributed by atoms with Gasteiger partial charge in [0.1, 0.15) is 12.1 Å². The highest BCUT2D eigenvalue weighted by atomic mass is 19.4. The zero-order valence-electron chi connectivity index (χ0n) is 14.2. The van der Waals surface area contributed by atoms with Crippen molar-refractivity contribution in [3.63, 3.8) is 0 Å². The number of anilines is 1. The van der Waals surface area contributed by atoms with Crippen molar-refractivity contribution >= 4 is 17.6 Å². The average Bonchev–Trinajstić information content (AvgIpc) is 3.20. The predicted molar refractivity (Wildman–Crippen MR) is 89.1 cm³/mol. The van der Waals surface area contributed by atoms with Crippen molar-refractivity contribution in [3.05, 3.63) is 48.0 Å². The topological polar surface area (TPSA) is 78.7 Å². The second-order valence-corrected chi connectivity index (χ2v) is 5.97. The van der Waals surface area contributed by atoms with E-state index in [1.54, 1.807) is 4.90 Å². The number of carbonyl (C=O) groups excluding carboxylic acids is 2. The van der Waals surface area contributed by atoms with E-state index in [4.69, 9.17) is 4.42 Å². The van der Waals surface area contributed by atoms with Crippen LogP contribution in [0.15, 0.2) is 41.3 Å². The Morgan fingerprint density at radius 1 is 1.15 bits per heavy atom. The fraction of sp³-hybridized carbons (Fsp3) is 0.353. The highest BCUT2D eigenvalue weighted by molar-refractivity contribution is 5.96. The molecule has 0 bridgehead atoms. The Balaban J connectivity index is 1.48. The van der Waals surface area contributed by atoms with Crippen LogP contribution in [-0.4, -0.2) is 54.4 Å². The van der Waals surface area contributed by atoms with E-state index in [1.807, 2.05) is 4.90 Å². The van der Waals surface area contributed by atoms with Crippen LogP contribution in [0.3, 0.4) is 0 Å². The summed E-state index contributed by atoms with van der Waals surface area (Å²) in [4.78, 5) is 31.3. The third kappa shape index (κ3) is 4.57. The lowest BCUT2D eigenvalue weighted by Gasteiger charge is -2.35. The fourth-order valence-corrected chi connectivity index (χ4v) is 2.69. The molecule has 2 amide bonds. The molecule has 3 heterocycles. The number of nitrogens with zero attached hydrogens (tertiary/aromatic N) is 3. The minimum atomic E-state index is -4.42. The van der Waals surface area contributed by atoms with Gasteiger partial charge >= 0.3 is 6.18 Å². The summed E-state index contributed by atoms with van der Waals surface area (Å²) in [5, 5.41) is 2.52. The van der Waals surface area contributed by atoms with E-state index in [1.165, 1.54) is 24.7 Å². The van der Waals surface area contributed by atoms with Gasteiger partial charge in [-0.15, -0.1) is 0 Å². The molecule has 1 fully saturated rings. The summed E-state index contributed by atoms with van der Waals surface area (Å²) in [6, 6.07) is 3.81. The molecule has 1 N–H and O–H groups in total. The van der Waals surface area contributed by atoms with Gasteiger partial charge in [-0.05, 0) is 18.2 Å². The van der Waals surface area contributed by atoms with Gasteiger partial charge < -0.3 is 19.5 Å². The summed E-state index contributed by atoms with van der Waals surface area (Å²) in [5.41, 5.74) is -0.463. The van der Waals surface area contributed by atoms with E-state index < -0.39 is 17.6 Å². The van der Waals surface area contributed by atoms with Crippen LogP contribution in [0.25, 0.3) is 0 Å². The molecule has 0 unspecified atom stereocenters. The molecule has 144 valence electrons. The van der Waals surface area contributed by atoms with Crippen molar-refractivity contribution < 1.29 is 27.2 Å². The van der Waals surface area contributed by atoms with Crippen molar-refractivity contribution in [1.82, 2.24) is 15.2 Å². The number of hydrogen-bond acceptors (Lipinski definition) is 5. The fourth-order valence-electron chi connectivity index (χ4n) is 2.69. The molecule has 0 saturated carbocycles. The Hall–Kier alpha value is -3.04. The minimum absolute atomic E-state index is 0.136. The largest absolute Gasteiger partial charge is 0.472 e. The zero-order chi connectivity index (χ0) is 19.4. The van der Waals surface area contributed by atoms with E-state index in [0.717, 1.165) is 12.3 Å². The van der Waals surface area contributed by atoms with Gasteiger partial charge in [0, 0.05) is 32.4 Å². The Kier molecular flexibility index (Phi) is 5.33. The third-order valence-corrected chi connectivity index (χ3v) is 4.22. The van der Waals surface area contributed by atoms with Gasteiger partial charge in [-0.3, -0.25) is 9.59 Å². The number of halogens is 3. The number of alkyl halides is 3. The van der Waals surface area contributed by atoms with Crippen molar-refractivity contribution in [3.8, 4) is 0 Å². The van der Waals surface area contributed by atoms with Crippen LogP contribution in [0.5, 0.6) is 0 Å². The molecule has 1 saturated heterocycles. The van der Waals surface area contributed by atoms with Crippen LogP contribution in [0, 0.1) is 0 Å². The van der Waals surface area contributed by atoms with Gasteiger partial charge in [0.15, 0.2) is 0 Å². The van der Waals surface area contributed by atoms with Crippen LogP contribution in [-0.2, 0) is 11.0 Å². The molecule has 2 aromatic rings. The maximum atomic E-state index is 12.6. The van der Waals surface area contributed by atoms with Gasteiger partial charge in [0.05, 0.1) is 23.9 Å². The lowest BCUT2D eigenvalue weighted by Crippen LogP contribution is -2.51. The van der Waals surface area contributed by atoms with E-state index >= 15 is 0 Å². The Morgan fingerprint density at radius 2 is 1.89 bits per heavy atom. The molecule has 27 heavy (non-hydrogen) atoms. The monoisotopic (exact) mass is 382 g/mol. The Labute approximate surface area is 152 Å². The molecular weight excluding hydrogens is 365 g/mol. The number of aromatic nitrogens is 1.